The summed E-state index contributed by atoms with van der Waals surface area (Å²) >= 11 is 0. The molecule has 0 spiro atoms. The molecule has 0 saturated heterocycles. The van der Waals surface area contributed by atoms with Crippen molar-refractivity contribution in [3.63, 3.8) is 0 Å². The summed E-state index contributed by atoms with van der Waals surface area (Å²) in [5.74, 6) is 2.47. The highest BCUT2D eigenvalue weighted by atomic mass is 16.5. The molecule has 0 heterocycles. The molecule has 0 unspecified atom stereocenters. The Bertz CT molecular complexity index is 192. The van der Waals surface area contributed by atoms with Gasteiger partial charge in [-0.05, 0) is 5.92 Å². The molecule has 0 aromatic rings. The number of hydrogen-bond donors (Lipinski definition) is 1. The second-order valence-corrected chi connectivity index (χ2v) is 3.96. The van der Waals surface area contributed by atoms with E-state index in [1.54, 1.807) is 0 Å². The number of nitrogens with two attached hydrogens (primary N) is 1. The predicted octanol–water partition coefficient (Wildman–Crippen LogP) is 3.02. The van der Waals surface area contributed by atoms with Crippen LogP contribution in [0.2, 0.25) is 0 Å². The van der Waals surface area contributed by atoms with E-state index >= 15 is 0 Å². The van der Waals surface area contributed by atoms with Gasteiger partial charge in [0.1, 0.15) is 5.76 Å². The maximum atomic E-state index is 5.51. The molecule has 2 heteroatoms. The SMILES string of the molecule is C=C(CC(C)C)O/C(=C\N)C(C)C. The second-order valence-electron chi connectivity index (χ2n) is 3.96. The molecule has 13 heavy (non-hydrogen) atoms. The number of allylic oxidation sites excluding steroid dienone is 2. The third-order valence-electron chi connectivity index (χ3n) is 1.63. The van der Waals surface area contributed by atoms with Crippen molar-refractivity contribution in [1.29, 1.82) is 0 Å². The summed E-state index contributed by atoms with van der Waals surface area (Å²) in [5.41, 5.74) is 5.42. The van der Waals surface area contributed by atoms with Crippen LogP contribution in [-0.2, 0) is 4.74 Å². The van der Waals surface area contributed by atoms with Crippen LogP contribution in [0, 0.1) is 11.8 Å². The van der Waals surface area contributed by atoms with E-state index in [-0.39, 0.29) is 0 Å². The Labute approximate surface area is 81.5 Å². The Morgan fingerprint density at radius 2 is 1.92 bits per heavy atom. The third kappa shape index (κ3) is 5.34. The number of ether oxygens (including phenoxy) is 1. The van der Waals surface area contributed by atoms with Gasteiger partial charge < -0.3 is 10.5 Å². The van der Waals surface area contributed by atoms with E-state index in [1.165, 1.54) is 6.20 Å². The molecule has 0 amide bonds. The zero-order valence-electron chi connectivity index (χ0n) is 9.13. The largest absolute Gasteiger partial charge is 0.465 e. The fourth-order valence-corrected chi connectivity index (χ4v) is 1.01. The first-order valence-corrected chi connectivity index (χ1v) is 4.74. The Kier molecular flexibility index (Phi) is 5.28. The van der Waals surface area contributed by atoms with E-state index in [2.05, 4.69) is 20.4 Å². The highest BCUT2D eigenvalue weighted by Gasteiger charge is 2.07. The van der Waals surface area contributed by atoms with Gasteiger partial charge in [-0.3, -0.25) is 0 Å². The van der Waals surface area contributed by atoms with Crippen LogP contribution < -0.4 is 5.73 Å². The van der Waals surface area contributed by atoms with Crippen molar-refractivity contribution in [3.05, 3.63) is 24.3 Å². The molecule has 0 atom stereocenters. The van der Waals surface area contributed by atoms with Gasteiger partial charge in [-0.15, -0.1) is 0 Å². The fraction of sp³-hybridized carbons (Fsp3) is 0.636. The zero-order valence-corrected chi connectivity index (χ0v) is 9.13. The molecule has 2 nitrogen and oxygen atoms in total. The average molecular weight is 183 g/mol. The van der Waals surface area contributed by atoms with Crippen molar-refractivity contribution in [2.24, 2.45) is 17.6 Å². The van der Waals surface area contributed by atoms with Crippen molar-refractivity contribution in [3.8, 4) is 0 Å². The van der Waals surface area contributed by atoms with Crippen LogP contribution in [0.1, 0.15) is 34.1 Å². The molecule has 0 saturated carbocycles. The predicted molar refractivity (Wildman–Crippen MR) is 56.8 cm³/mol. The van der Waals surface area contributed by atoms with Crippen LogP contribution in [0.5, 0.6) is 0 Å². The number of rotatable bonds is 5. The lowest BCUT2D eigenvalue weighted by atomic mass is 10.1. The van der Waals surface area contributed by atoms with Crippen LogP contribution in [0.4, 0.5) is 0 Å². The van der Waals surface area contributed by atoms with Crippen LogP contribution in [-0.4, -0.2) is 0 Å². The van der Waals surface area contributed by atoms with Gasteiger partial charge in [-0.2, -0.15) is 0 Å². The lowest BCUT2D eigenvalue weighted by molar-refractivity contribution is 0.246. The molecule has 2 N–H and O–H groups in total. The van der Waals surface area contributed by atoms with E-state index < -0.39 is 0 Å². The minimum Gasteiger partial charge on any atom is -0.465 e. The first-order valence-electron chi connectivity index (χ1n) is 4.74. The second kappa shape index (κ2) is 5.68. The highest BCUT2D eigenvalue weighted by molar-refractivity contribution is 4.99. The summed E-state index contributed by atoms with van der Waals surface area (Å²) in [5, 5.41) is 0. The van der Waals surface area contributed by atoms with Crippen molar-refractivity contribution in [2.75, 3.05) is 0 Å². The maximum Gasteiger partial charge on any atom is 0.121 e. The quantitative estimate of drug-likeness (QED) is 0.665. The van der Waals surface area contributed by atoms with Crippen molar-refractivity contribution < 1.29 is 4.74 Å². The van der Waals surface area contributed by atoms with Crippen LogP contribution in [0.15, 0.2) is 24.3 Å². The third-order valence-corrected chi connectivity index (χ3v) is 1.63. The molecule has 0 bridgehead atoms. The minimum atomic E-state index is 0.314. The van der Waals surface area contributed by atoms with Gasteiger partial charge in [-0.1, -0.05) is 34.3 Å². The summed E-state index contributed by atoms with van der Waals surface area (Å²) in [4.78, 5) is 0. The van der Waals surface area contributed by atoms with Crippen LogP contribution >= 0.6 is 0 Å². The molecule has 0 aliphatic rings. The molecular weight excluding hydrogens is 162 g/mol. The first kappa shape index (κ1) is 12.1. The van der Waals surface area contributed by atoms with E-state index in [9.17, 15) is 0 Å². The van der Waals surface area contributed by atoms with Gasteiger partial charge in [0.2, 0.25) is 0 Å². The lowest BCUT2D eigenvalue weighted by Crippen LogP contribution is -2.04. The average Bonchev–Trinajstić information content (AvgIpc) is 1.98. The van der Waals surface area contributed by atoms with Gasteiger partial charge in [0.05, 0.1) is 5.76 Å². The van der Waals surface area contributed by atoms with Gasteiger partial charge in [-0.25, -0.2) is 0 Å². The molecule has 0 rings (SSSR count). The van der Waals surface area contributed by atoms with E-state index in [0.717, 1.165) is 17.9 Å². The molecule has 0 radical (unpaired) electrons. The Morgan fingerprint density at radius 3 is 2.23 bits per heavy atom. The Balaban J connectivity index is 4.04. The fourth-order valence-electron chi connectivity index (χ4n) is 1.01. The summed E-state index contributed by atoms with van der Waals surface area (Å²) in [7, 11) is 0. The minimum absolute atomic E-state index is 0.314. The molecule has 76 valence electrons. The summed E-state index contributed by atoms with van der Waals surface area (Å²) in [6.07, 6.45) is 2.39. The van der Waals surface area contributed by atoms with Gasteiger partial charge in [0.25, 0.3) is 0 Å². The van der Waals surface area contributed by atoms with Crippen molar-refractivity contribution in [1.82, 2.24) is 0 Å². The normalized spacial score (nSPS) is 12.3. The molecule has 0 aromatic carbocycles. The summed E-state index contributed by atoms with van der Waals surface area (Å²) in [6, 6.07) is 0. The van der Waals surface area contributed by atoms with Gasteiger partial charge in [0.15, 0.2) is 0 Å². The van der Waals surface area contributed by atoms with Gasteiger partial charge in [0, 0.05) is 18.5 Å². The molecule has 0 aliphatic carbocycles. The van der Waals surface area contributed by atoms with E-state index in [4.69, 9.17) is 10.5 Å². The molecule has 0 aromatic heterocycles. The van der Waals surface area contributed by atoms with Crippen LogP contribution in [0.25, 0.3) is 0 Å². The topological polar surface area (TPSA) is 35.2 Å². The van der Waals surface area contributed by atoms with Crippen molar-refractivity contribution in [2.45, 2.75) is 34.1 Å². The maximum absolute atomic E-state index is 5.51. The van der Waals surface area contributed by atoms with Crippen molar-refractivity contribution >= 4 is 0 Å². The van der Waals surface area contributed by atoms with E-state index in [0.29, 0.717) is 11.8 Å². The first-order chi connectivity index (χ1) is 5.97. The molecule has 0 fully saturated rings. The number of hydrogen-bond acceptors (Lipinski definition) is 2. The Hall–Kier alpha value is -0.920. The highest BCUT2D eigenvalue weighted by Crippen LogP contribution is 2.18. The lowest BCUT2D eigenvalue weighted by Gasteiger charge is -2.15. The monoisotopic (exact) mass is 183 g/mol. The smallest absolute Gasteiger partial charge is 0.121 e. The summed E-state index contributed by atoms with van der Waals surface area (Å²) in [6.45, 7) is 12.2. The molecular formula is C11H21NO. The van der Waals surface area contributed by atoms with E-state index in [1.807, 2.05) is 13.8 Å². The molecule has 0 aliphatic heterocycles. The Morgan fingerprint density at radius 1 is 1.38 bits per heavy atom. The summed E-state index contributed by atoms with van der Waals surface area (Å²) < 4.78 is 5.51. The standard InChI is InChI=1S/C11H21NO/c1-8(2)6-10(5)13-11(7-12)9(3)4/h7-9H,5-6,12H2,1-4H3/b11-7-. The van der Waals surface area contributed by atoms with Gasteiger partial charge >= 0.3 is 0 Å². The zero-order chi connectivity index (χ0) is 10.4. The van der Waals surface area contributed by atoms with Crippen LogP contribution in [0.3, 0.4) is 0 Å².